The molecule has 2 unspecified atom stereocenters. The summed E-state index contributed by atoms with van der Waals surface area (Å²) in [4.78, 5) is 14.3. The van der Waals surface area contributed by atoms with E-state index < -0.39 is 0 Å². The van der Waals surface area contributed by atoms with Crippen LogP contribution in [0.2, 0.25) is 10.0 Å². The van der Waals surface area contributed by atoms with Gasteiger partial charge in [-0.3, -0.25) is 9.69 Å². The number of carbonyl (C=O) groups excluding carboxylic acids is 1. The van der Waals surface area contributed by atoms with E-state index in [2.05, 4.69) is 18.7 Å². The van der Waals surface area contributed by atoms with Crippen LogP contribution in [0.4, 0.5) is 0 Å². The van der Waals surface area contributed by atoms with Crippen molar-refractivity contribution in [3.8, 4) is 0 Å². The Bertz CT molecular complexity index is 451. The first-order valence-corrected chi connectivity index (χ1v) is 6.93. The van der Waals surface area contributed by atoms with Crippen LogP contribution in [0.3, 0.4) is 0 Å². The molecule has 0 aliphatic carbocycles. The summed E-state index contributed by atoms with van der Waals surface area (Å²) < 4.78 is 0. The van der Waals surface area contributed by atoms with Crippen LogP contribution >= 0.6 is 23.2 Å². The van der Waals surface area contributed by atoms with Gasteiger partial charge in [-0.1, -0.05) is 37.0 Å². The zero-order valence-corrected chi connectivity index (χ0v) is 12.1. The molecule has 0 aromatic heterocycles. The van der Waals surface area contributed by atoms with E-state index in [0.717, 1.165) is 13.1 Å². The Morgan fingerprint density at radius 1 is 1.22 bits per heavy atom. The van der Waals surface area contributed by atoms with Crippen LogP contribution in [0.1, 0.15) is 24.2 Å². The van der Waals surface area contributed by atoms with Crippen LogP contribution < -0.4 is 0 Å². The minimum atomic E-state index is 0.106. The van der Waals surface area contributed by atoms with E-state index in [4.69, 9.17) is 23.2 Å². The van der Waals surface area contributed by atoms with Crippen molar-refractivity contribution in [2.75, 3.05) is 19.6 Å². The van der Waals surface area contributed by atoms with E-state index in [0.29, 0.717) is 34.0 Å². The number of carbonyl (C=O) groups is 1. The van der Waals surface area contributed by atoms with E-state index in [1.54, 1.807) is 18.2 Å². The summed E-state index contributed by atoms with van der Waals surface area (Å²) in [6, 6.07) is 5.06. The summed E-state index contributed by atoms with van der Waals surface area (Å²) in [5.74, 6) is 1.42. The fraction of sp³-hybridized carbons (Fsp3) is 0.500. The monoisotopic (exact) mass is 285 g/mol. The summed E-state index contributed by atoms with van der Waals surface area (Å²) in [7, 11) is 0. The Balaban J connectivity index is 2.02. The average molecular weight is 286 g/mol. The fourth-order valence-corrected chi connectivity index (χ4v) is 2.64. The zero-order valence-electron chi connectivity index (χ0n) is 10.6. The number of benzene rings is 1. The molecule has 18 heavy (non-hydrogen) atoms. The highest BCUT2D eigenvalue weighted by atomic mass is 35.5. The highest BCUT2D eigenvalue weighted by molar-refractivity contribution is 6.42. The van der Waals surface area contributed by atoms with E-state index >= 15 is 0 Å². The van der Waals surface area contributed by atoms with Crippen molar-refractivity contribution < 1.29 is 4.79 Å². The smallest absolute Gasteiger partial charge is 0.176 e. The lowest BCUT2D eigenvalue weighted by Crippen LogP contribution is -2.28. The summed E-state index contributed by atoms with van der Waals surface area (Å²) in [5.41, 5.74) is 0.636. The molecule has 2 atom stereocenters. The summed E-state index contributed by atoms with van der Waals surface area (Å²) >= 11 is 11.8. The second-order valence-electron chi connectivity index (χ2n) is 5.20. The lowest BCUT2D eigenvalue weighted by molar-refractivity contribution is 0.0942. The molecular weight excluding hydrogens is 269 g/mol. The minimum Gasteiger partial charge on any atom is -0.295 e. The Morgan fingerprint density at radius 3 is 2.39 bits per heavy atom. The first-order chi connectivity index (χ1) is 8.47. The van der Waals surface area contributed by atoms with Crippen LogP contribution in [0.15, 0.2) is 18.2 Å². The van der Waals surface area contributed by atoms with Gasteiger partial charge in [0.15, 0.2) is 5.78 Å². The molecule has 0 amide bonds. The Kier molecular flexibility index (Phi) is 4.31. The Hall–Kier alpha value is -0.570. The summed E-state index contributed by atoms with van der Waals surface area (Å²) in [5, 5.41) is 0.919. The molecule has 1 aromatic carbocycles. The van der Waals surface area contributed by atoms with Gasteiger partial charge in [0.2, 0.25) is 0 Å². The zero-order chi connectivity index (χ0) is 13.3. The number of hydrogen-bond acceptors (Lipinski definition) is 2. The van der Waals surface area contributed by atoms with Crippen molar-refractivity contribution in [2.45, 2.75) is 13.8 Å². The number of hydrogen-bond donors (Lipinski definition) is 0. The highest BCUT2D eigenvalue weighted by Crippen LogP contribution is 2.24. The van der Waals surface area contributed by atoms with E-state index in [-0.39, 0.29) is 5.78 Å². The molecular formula is C14H17Cl2NO. The minimum absolute atomic E-state index is 0.106. The van der Waals surface area contributed by atoms with Gasteiger partial charge in [0.1, 0.15) is 0 Å². The fourth-order valence-electron chi connectivity index (χ4n) is 2.34. The largest absolute Gasteiger partial charge is 0.295 e. The molecule has 1 saturated heterocycles. The molecule has 4 heteroatoms. The molecule has 1 heterocycles. The van der Waals surface area contributed by atoms with Crippen molar-refractivity contribution in [3.05, 3.63) is 33.8 Å². The lowest BCUT2D eigenvalue weighted by atomic mass is 10.0. The van der Waals surface area contributed by atoms with Gasteiger partial charge in [0, 0.05) is 18.7 Å². The number of nitrogens with zero attached hydrogens (tertiary/aromatic N) is 1. The van der Waals surface area contributed by atoms with E-state index in [9.17, 15) is 4.79 Å². The van der Waals surface area contributed by atoms with Gasteiger partial charge < -0.3 is 0 Å². The van der Waals surface area contributed by atoms with Crippen molar-refractivity contribution >= 4 is 29.0 Å². The quantitative estimate of drug-likeness (QED) is 0.788. The van der Waals surface area contributed by atoms with Gasteiger partial charge in [-0.2, -0.15) is 0 Å². The van der Waals surface area contributed by atoms with Crippen molar-refractivity contribution in [3.63, 3.8) is 0 Å². The lowest BCUT2D eigenvalue weighted by Gasteiger charge is -2.14. The second-order valence-corrected chi connectivity index (χ2v) is 6.02. The number of likely N-dealkylation sites (tertiary alicyclic amines) is 1. The molecule has 0 spiro atoms. The molecule has 0 saturated carbocycles. The van der Waals surface area contributed by atoms with Crippen LogP contribution in [0.25, 0.3) is 0 Å². The predicted molar refractivity (Wildman–Crippen MR) is 75.6 cm³/mol. The Labute approximate surface area is 118 Å². The average Bonchev–Trinajstić information content (AvgIpc) is 2.61. The van der Waals surface area contributed by atoms with Gasteiger partial charge >= 0.3 is 0 Å². The van der Waals surface area contributed by atoms with Gasteiger partial charge in [0.25, 0.3) is 0 Å². The van der Waals surface area contributed by atoms with Crippen LogP contribution in [0, 0.1) is 11.8 Å². The molecule has 1 aromatic rings. The Morgan fingerprint density at radius 2 is 1.83 bits per heavy atom. The third-order valence-corrected chi connectivity index (χ3v) is 4.41. The van der Waals surface area contributed by atoms with Crippen LogP contribution in [-0.2, 0) is 0 Å². The predicted octanol–water partition coefficient (Wildman–Crippen LogP) is 3.76. The molecule has 1 aliphatic rings. The molecule has 2 nitrogen and oxygen atoms in total. The molecule has 1 fully saturated rings. The molecule has 0 radical (unpaired) electrons. The van der Waals surface area contributed by atoms with Gasteiger partial charge in [-0.25, -0.2) is 0 Å². The third-order valence-electron chi connectivity index (χ3n) is 3.67. The molecule has 2 rings (SSSR count). The van der Waals surface area contributed by atoms with Crippen molar-refractivity contribution in [1.29, 1.82) is 0 Å². The van der Waals surface area contributed by atoms with Crippen LogP contribution in [0.5, 0.6) is 0 Å². The standard InChI is InChI=1S/C14H17Cl2NO/c1-9-6-17(7-10(9)2)8-14(18)11-3-4-12(15)13(16)5-11/h3-5,9-10H,6-8H2,1-2H3. The maximum absolute atomic E-state index is 12.1. The second kappa shape index (κ2) is 5.60. The SMILES string of the molecule is CC1CN(CC(=O)c2ccc(Cl)c(Cl)c2)CC1C. The van der Waals surface area contributed by atoms with E-state index in [1.165, 1.54) is 0 Å². The molecule has 0 bridgehead atoms. The van der Waals surface area contributed by atoms with Gasteiger partial charge in [-0.15, -0.1) is 0 Å². The number of halogens is 2. The van der Waals surface area contributed by atoms with Gasteiger partial charge in [0.05, 0.1) is 16.6 Å². The molecule has 1 aliphatic heterocycles. The third kappa shape index (κ3) is 3.05. The molecule has 98 valence electrons. The maximum atomic E-state index is 12.1. The van der Waals surface area contributed by atoms with Crippen molar-refractivity contribution in [2.24, 2.45) is 11.8 Å². The van der Waals surface area contributed by atoms with E-state index in [1.807, 2.05) is 0 Å². The highest BCUT2D eigenvalue weighted by Gasteiger charge is 2.27. The molecule has 0 N–H and O–H groups in total. The number of rotatable bonds is 3. The first-order valence-electron chi connectivity index (χ1n) is 6.18. The van der Waals surface area contributed by atoms with Crippen LogP contribution in [-0.4, -0.2) is 30.3 Å². The topological polar surface area (TPSA) is 20.3 Å². The van der Waals surface area contributed by atoms with Crippen molar-refractivity contribution in [1.82, 2.24) is 4.90 Å². The normalized spacial score (nSPS) is 24.4. The number of ketones is 1. The van der Waals surface area contributed by atoms with Gasteiger partial charge in [-0.05, 0) is 30.0 Å². The summed E-state index contributed by atoms with van der Waals surface area (Å²) in [6.07, 6.45) is 0. The maximum Gasteiger partial charge on any atom is 0.176 e. The number of Topliss-reactive ketones (excluding diaryl/α,β-unsaturated/α-hetero) is 1. The first kappa shape index (κ1) is 13.9. The summed E-state index contributed by atoms with van der Waals surface area (Å²) in [6.45, 7) is 6.91.